The second-order valence-corrected chi connectivity index (χ2v) is 6.59. The summed E-state index contributed by atoms with van der Waals surface area (Å²) in [5.74, 6) is 0.378. The second kappa shape index (κ2) is 10.1. The molecule has 2 amide bonds. The van der Waals surface area contributed by atoms with Crippen LogP contribution in [0, 0.1) is 0 Å². The van der Waals surface area contributed by atoms with E-state index in [2.05, 4.69) is 10.9 Å². The summed E-state index contributed by atoms with van der Waals surface area (Å²) in [5, 5.41) is 0.727. The Balaban J connectivity index is 1.82. The molecule has 150 valence electrons. The van der Waals surface area contributed by atoms with Crippen molar-refractivity contribution in [3.05, 3.63) is 52.5 Å². The largest absolute Gasteiger partial charge is 0.497 e. The van der Waals surface area contributed by atoms with Crippen LogP contribution in [0.5, 0.6) is 17.2 Å². The number of amides is 2. The number of carbonyl (C=O) groups is 2. The van der Waals surface area contributed by atoms with Gasteiger partial charge in [-0.1, -0.05) is 23.2 Å². The van der Waals surface area contributed by atoms with Gasteiger partial charge in [0.25, 0.3) is 11.8 Å². The topological polar surface area (TPSA) is 85.9 Å². The summed E-state index contributed by atoms with van der Waals surface area (Å²) >= 11 is 11.8. The van der Waals surface area contributed by atoms with E-state index < -0.39 is 24.0 Å². The van der Waals surface area contributed by atoms with E-state index in [1.807, 2.05) is 0 Å². The molecule has 9 heteroatoms. The predicted octanol–water partition coefficient (Wildman–Crippen LogP) is 3.38. The van der Waals surface area contributed by atoms with Crippen LogP contribution >= 0.6 is 23.2 Å². The molecule has 28 heavy (non-hydrogen) atoms. The number of benzene rings is 2. The molecular weight excluding hydrogens is 407 g/mol. The maximum Gasteiger partial charge on any atom is 0.279 e. The average Bonchev–Trinajstić information content (AvgIpc) is 2.68. The minimum absolute atomic E-state index is 0.276. The molecular formula is C19H20Cl2N2O5. The van der Waals surface area contributed by atoms with Crippen molar-refractivity contribution >= 4 is 35.0 Å². The fourth-order valence-corrected chi connectivity index (χ4v) is 2.51. The lowest BCUT2D eigenvalue weighted by Gasteiger charge is -2.18. The predicted molar refractivity (Wildman–Crippen MR) is 106 cm³/mol. The fourth-order valence-electron chi connectivity index (χ4n) is 2.05. The quantitative estimate of drug-likeness (QED) is 0.662. The maximum atomic E-state index is 12.1. The van der Waals surface area contributed by atoms with Crippen LogP contribution in [0.3, 0.4) is 0 Å². The molecule has 0 saturated carbocycles. The zero-order valence-electron chi connectivity index (χ0n) is 15.5. The van der Waals surface area contributed by atoms with E-state index >= 15 is 0 Å². The molecule has 0 saturated heterocycles. The second-order valence-electron chi connectivity index (χ2n) is 5.75. The smallest absolute Gasteiger partial charge is 0.279 e. The first-order valence-corrected chi connectivity index (χ1v) is 9.08. The maximum absolute atomic E-state index is 12.1. The summed E-state index contributed by atoms with van der Waals surface area (Å²) in [7, 11) is 1.56. The Labute approximate surface area is 172 Å². The van der Waals surface area contributed by atoms with E-state index in [0.29, 0.717) is 22.3 Å². The van der Waals surface area contributed by atoms with E-state index in [-0.39, 0.29) is 5.02 Å². The summed E-state index contributed by atoms with van der Waals surface area (Å²) in [6.07, 6.45) is -1.74. The molecule has 2 atom stereocenters. The molecule has 0 radical (unpaired) electrons. The third-order valence-electron chi connectivity index (χ3n) is 3.62. The van der Waals surface area contributed by atoms with E-state index in [1.165, 1.54) is 13.0 Å². The van der Waals surface area contributed by atoms with Crippen molar-refractivity contribution in [3.63, 3.8) is 0 Å². The number of nitrogens with one attached hydrogen (secondary N) is 2. The van der Waals surface area contributed by atoms with Gasteiger partial charge in [0, 0.05) is 5.02 Å². The summed E-state index contributed by atoms with van der Waals surface area (Å²) in [6, 6.07) is 11.4. The highest BCUT2D eigenvalue weighted by atomic mass is 35.5. The molecule has 0 aliphatic heterocycles. The number of hydrogen-bond donors (Lipinski definition) is 2. The lowest BCUT2D eigenvalue weighted by atomic mass is 10.3. The van der Waals surface area contributed by atoms with E-state index in [4.69, 9.17) is 37.4 Å². The number of halogens is 2. The van der Waals surface area contributed by atoms with Crippen molar-refractivity contribution in [2.75, 3.05) is 7.11 Å². The zero-order valence-corrected chi connectivity index (χ0v) is 17.0. The monoisotopic (exact) mass is 426 g/mol. The number of rotatable bonds is 7. The molecule has 7 nitrogen and oxygen atoms in total. The molecule has 2 unspecified atom stereocenters. The molecule has 2 N–H and O–H groups in total. The molecule has 0 aliphatic rings. The van der Waals surface area contributed by atoms with Gasteiger partial charge in [0.05, 0.1) is 12.1 Å². The molecule has 0 bridgehead atoms. The van der Waals surface area contributed by atoms with Gasteiger partial charge in [-0.15, -0.1) is 0 Å². The van der Waals surface area contributed by atoms with Crippen molar-refractivity contribution in [3.8, 4) is 17.2 Å². The number of methoxy groups -OCH3 is 1. The van der Waals surface area contributed by atoms with Gasteiger partial charge in [-0.05, 0) is 56.3 Å². The van der Waals surface area contributed by atoms with Crippen molar-refractivity contribution in [2.45, 2.75) is 26.1 Å². The first kappa shape index (κ1) is 21.7. The first-order valence-electron chi connectivity index (χ1n) is 8.32. The van der Waals surface area contributed by atoms with Crippen LogP contribution in [0.2, 0.25) is 10.0 Å². The standard InChI is InChI=1S/C19H20Cl2N2O5/c1-11(27-15-7-5-14(26-3)6-8-15)18(24)22-23-19(25)12(2)28-17-9-4-13(20)10-16(17)21/h4-12H,1-3H3,(H,22,24)(H,23,25). The van der Waals surface area contributed by atoms with Gasteiger partial charge in [-0.25, -0.2) is 0 Å². The number of hydrazine groups is 1. The average molecular weight is 427 g/mol. The van der Waals surface area contributed by atoms with Crippen LogP contribution in [0.4, 0.5) is 0 Å². The third kappa shape index (κ3) is 6.21. The Morgan fingerprint density at radius 1 is 0.857 bits per heavy atom. The lowest BCUT2D eigenvalue weighted by Crippen LogP contribution is -2.50. The van der Waals surface area contributed by atoms with E-state index in [9.17, 15) is 9.59 Å². The van der Waals surface area contributed by atoms with Crippen molar-refractivity contribution in [1.82, 2.24) is 10.9 Å². The summed E-state index contributed by atoms with van der Waals surface area (Å²) in [5.41, 5.74) is 4.58. The van der Waals surface area contributed by atoms with Gasteiger partial charge >= 0.3 is 0 Å². The van der Waals surface area contributed by atoms with Crippen LogP contribution in [-0.2, 0) is 9.59 Å². The lowest BCUT2D eigenvalue weighted by molar-refractivity contribution is -0.135. The normalized spacial score (nSPS) is 12.5. The van der Waals surface area contributed by atoms with Gasteiger partial charge in [0.15, 0.2) is 12.2 Å². The minimum Gasteiger partial charge on any atom is -0.497 e. The van der Waals surface area contributed by atoms with Gasteiger partial charge in [0.2, 0.25) is 0 Å². The van der Waals surface area contributed by atoms with Gasteiger partial charge in [0.1, 0.15) is 17.2 Å². The Kier molecular flexibility index (Phi) is 7.78. The Hall–Kier alpha value is -2.64. The fraction of sp³-hybridized carbons (Fsp3) is 0.263. The van der Waals surface area contributed by atoms with Crippen LogP contribution in [0.15, 0.2) is 42.5 Å². The highest BCUT2D eigenvalue weighted by Crippen LogP contribution is 2.28. The zero-order chi connectivity index (χ0) is 20.7. The minimum atomic E-state index is -0.906. The van der Waals surface area contributed by atoms with Crippen molar-refractivity contribution in [2.24, 2.45) is 0 Å². The molecule has 0 heterocycles. The van der Waals surface area contributed by atoms with Gasteiger partial charge in [-0.2, -0.15) is 0 Å². The summed E-state index contributed by atoms with van der Waals surface area (Å²) in [6.45, 7) is 3.07. The molecule has 2 rings (SSSR count). The highest BCUT2D eigenvalue weighted by Gasteiger charge is 2.19. The van der Waals surface area contributed by atoms with Crippen LogP contribution in [0.1, 0.15) is 13.8 Å². The van der Waals surface area contributed by atoms with Crippen LogP contribution in [0.25, 0.3) is 0 Å². The molecule has 0 aromatic heterocycles. The SMILES string of the molecule is COc1ccc(OC(C)C(=O)NNC(=O)C(C)Oc2ccc(Cl)cc2Cl)cc1. The number of hydrogen-bond acceptors (Lipinski definition) is 5. The highest BCUT2D eigenvalue weighted by molar-refractivity contribution is 6.35. The summed E-state index contributed by atoms with van der Waals surface area (Å²) in [4.78, 5) is 24.2. The van der Waals surface area contributed by atoms with E-state index in [1.54, 1.807) is 50.4 Å². The Morgan fingerprint density at radius 2 is 1.39 bits per heavy atom. The first-order chi connectivity index (χ1) is 13.3. The van der Waals surface area contributed by atoms with Crippen molar-refractivity contribution in [1.29, 1.82) is 0 Å². The third-order valence-corrected chi connectivity index (χ3v) is 4.15. The molecule has 0 fully saturated rings. The molecule has 2 aromatic carbocycles. The molecule has 0 spiro atoms. The molecule has 0 aliphatic carbocycles. The Bertz CT molecular complexity index is 830. The Morgan fingerprint density at radius 3 is 1.93 bits per heavy atom. The van der Waals surface area contributed by atoms with Gasteiger partial charge < -0.3 is 14.2 Å². The van der Waals surface area contributed by atoms with Gasteiger partial charge in [-0.3, -0.25) is 20.4 Å². The van der Waals surface area contributed by atoms with Crippen LogP contribution in [-0.4, -0.2) is 31.1 Å². The van der Waals surface area contributed by atoms with Crippen molar-refractivity contribution < 1.29 is 23.8 Å². The van der Waals surface area contributed by atoms with Crippen LogP contribution < -0.4 is 25.1 Å². The van der Waals surface area contributed by atoms with E-state index in [0.717, 1.165) is 0 Å². The summed E-state index contributed by atoms with van der Waals surface area (Å²) < 4.78 is 16.0. The number of ether oxygens (including phenoxy) is 3. The molecule has 2 aromatic rings. The number of carbonyl (C=O) groups excluding carboxylic acids is 2.